The molecule has 0 aromatic heterocycles. The molecule has 2 aromatic rings. The Labute approximate surface area is 150 Å². The maximum Gasteiger partial charge on any atom is 0.240 e. The number of hydrogen-bond donors (Lipinski definition) is 1. The quantitative estimate of drug-likeness (QED) is 0.692. The molecule has 0 amide bonds. The molecule has 2 rings (SSSR count). The van der Waals surface area contributed by atoms with Gasteiger partial charge >= 0.3 is 0 Å². The number of nitrogens with one attached hydrogen (secondary N) is 1. The van der Waals surface area contributed by atoms with E-state index in [4.69, 9.17) is 9.47 Å². The summed E-state index contributed by atoms with van der Waals surface area (Å²) < 4.78 is 38.0. The first-order chi connectivity index (χ1) is 12.0. The van der Waals surface area contributed by atoms with Gasteiger partial charge in [0, 0.05) is 6.54 Å². The highest BCUT2D eigenvalue weighted by molar-refractivity contribution is 7.89. The molecule has 0 aliphatic heterocycles. The third kappa shape index (κ3) is 5.21. The summed E-state index contributed by atoms with van der Waals surface area (Å²) in [6, 6.07) is 14.3. The van der Waals surface area contributed by atoms with E-state index in [9.17, 15) is 8.42 Å². The van der Waals surface area contributed by atoms with Crippen molar-refractivity contribution < 1.29 is 17.9 Å². The summed E-state index contributed by atoms with van der Waals surface area (Å²) in [6.45, 7) is 4.62. The second-order valence-corrected chi connectivity index (χ2v) is 7.54. The Morgan fingerprint density at radius 1 is 1.04 bits per heavy atom. The highest BCUT2D eigenvalue weighted by atomic mass is 32.2. The van der Waals surface area contributed by atoms with Crippen LogP contribution in [0.3, 0.4) is 0 Å². The molecular formula is C19H25NO4S. The molecule has 0 fully saturated rings. The van der Waals surface area contributed by atoms with Crippen molar-refractivity contribution >= 4 is 10.0 Å². The van der Waals surface area contributed by atoms with E-state index in [2.05, 4.69) is 18.6 Å². The summed E-state index contributed by atoms with van der Waals surface area (Å²) in [5.74, 6) is 1.62. The lowest BCUT2D eigenvalue weighted by Crippen LogP contribution is -2.28. The Hall–Kier alpha value is -2.05. The first-order valence-electron chi connectivity index (χ1n) is 8.33. The maximum absolute atomic E-state index is 12.3. The number of hydrogen-bond acceptors (Lipinski definition) is 4. The van der Waals surface area contributed by atoms with Gasteiger partial charge in [-0.05, 0) is 42.2 Å². The highest BCUT2D eigenvalue weighted by Gasteiger charge is 2.14. The fourth-order valence-electron chi connectivity index (χ4n) is 2.37. The summed E-state index contributed by atoms with van der Waals surface area (Å²) in [5, 5.41) is 0. The van der Waals surface area contributed by atoms with Crippen molar-refractivity contribution in [3.05, 3.63) is 54.1 Å². The van der Waals surface area contributed by atoms with Crippen LogP contribution in [-0.2, 0) is 10.0 Å². The molecule has 0 saturated carbocycles. The molecular weight excluding hydrogens is 338 g/mol. The van der Waals surface area contributed by atoms with E-state index in [1.807, 2.05) is 24.3 Å². The molecule has 25 heavy (non-hydrogen) atoms. The topological polar surface area (TPSA) is 64.6 Å². The van der Waals surface area contributed by atoms with Gasteiger partial charge in [0.15, 0.2) is 11.5 Å². The molecule has 2 aromatic carbocycles. The summed E-state index contributed by atoms with van der Waals surface area (Å²) in [7, 11) is -1.98. The normalized spacial score (nSPS) is 12.6. The van der Waals surface area contributed by atoms with Gasteiger partial charge in [0.1, 0.15) is 6.61 Å². The van der Waals surface area contributed by atoms with Gasteiger partial charge in [-0.15, -0.1) is 0 Å². The van der Waals surface area contributed by atoms with Crippen LogP contribution in [-0.4, -0.2) is 28.7 Å². The molecule has 0 saturated heterocycles. The van der Waals surface area contributed by atoms with Crippen molar-refractivity contribution in [1.29, 1.82) is 0 Å². The average Bonchev–Trinajstić information content (AvgIpc) is 2.65. The molecule has 136 valence electrons. The molecule has 1 atom stereocenters. The van der Waals surface area contributed by atoms with Gasteiger partial charge in [0.2, 0.25) is 10.0 Å². The lowest BCUT2D eigenvalue weighted by molar-refractivity contribution is 0.299. The van der Waals surface area contributed by atoms with Gasteiger partial charge in [0.25, 0.3) is 0 Å². The second-order valence-electron chi connectivity index (χ2n) is 5.78. The predicted molar refractivity (Wildman–Crippen MR) is 98.8 cm³/mol. The molecule has 1 unspecified atom stereocenters. The van der Waals surface area contributed by atoms with Crippen LogP contribution in [0.2, 0.25) is 0 Å². The van der Waals surface area contributed by atoms with E-state index in [0.29, 0.717) is 17.4 Å². The molecule has 0 bridgehead atoms. The lowest BCUT2D eigenvalue weighted by atomic mass is 9.99. The summed E-state index contributed by atoms with van der Waals surface area (Å²) in [6.07, 6.45) is 1.02. The van der Waals surface area contributed by atoms with Crippen molar-refractivity contribution in [3.8, 4) is 11.5 Å². The number of benzene rings is 2. The standard InChI is InChI=1S/C19H25NO4S/c1-4-15(2)16-9-11-17(12-10-16)25(21,22)20-13-14-24-19-8-6-5-7-18(19)23-3/h5-12,15,20H,4,13-14H2,1-3H3. The van der Waals surface area contributed by atoms with Crippen LogP contribution in [0.15, 0.2) is 53.4 Å². The van der Waals surface area contributed by atoms with Crippen molar-refractivity contribution in [2.75, 3.05) is 20.3 Å². The Bertz CT molecular complexity index is 772. The van der Waals surface area contributed by atoms with Gasteiger partial charge in [-0.1, -0.05) is 38.1 Å². The lowest BCUT2D eigenvalue weighted by Gasteiger charge is -2.12. The fourth-order valence-corrected chi connectivity index (χ4v) is 3.38. The number of sulfonamides is 1. The largest absolute Gasteiger partial charge is 0.493 e. The van der Waals surface area contributed by atoms with Gasteiger partial charge in [-0.2, -0.15) is 0 Å². The van der Waals surface area contributed by atoms with Crippen LogP contribution in [0.25, 0.3) is 0 Å². The summed E-state index contributed by atoms with van der Waals surface area (Å²) >= 11 is 0. The van der Waals surface area contributed by atoms with Crippen LogP contribution in [0.1, 0.15) is 31.7 Å². The minimum absolute atomic E-state index is 0.174. The van der Waals surface area contributed by atoms with Crippen molar-refractivity contribution in [2.45, 2.75) is 31.1 Å². The monoisotopic (exact) mass is 363 g/mol. The SMILES string of the molecule is CCC(C)c1ccc(S(=O)(=O)NCCOc2ccccc2OC)cc1. The first-order valence-corrected chi connectivity index (χ1v) is 9.81. The Balaban J connectivity index is 1.91. The van der Waals surface area contributed by atoms with Gasteiger partial charge in [-0.3, -0.25) is 0 Å². The van der Waals surface area contributed by atoms with Crippen LogP contribution in [0, 0.1) is 0 Å². The minimum Gasteiger partial charge on any atom is -0.493 e. The molecule has 0 spiro atoms. The fraction of sp³-hybridized carbons (Fsp3) is 0.368. The Kier molecular flexibility index (Phi) is 6.84. The molecule has 0 aliphatic rings. The van der Waals surface area contributed by atoms with E-state index in [1.54, 1.807) is 31.4 Å². The molecule has 5 nitrogen and oxygen atoms in total. The van der Waals surface area contributed by atoms with Crippen molar-refractivity contribution in [1.82, 2.24) is 4.72 Å². The minimum atomic E-state index is -3.54. The zero-order chi connectivity index (χ0) is 18.3. The van der Waals surface area contributed by atoms with E-state index >= 15 is 0 Å². The third-order valence-electron chi connectivity index (χ3n) is 4.09. The van der Waals surface area contributed by atoms with E-state index < -0.39 is 10.0 Å². The molecule has 6 heteroatoms. The van der Waals surface area contributed by atoms with Crippen LogP contribution in [0.5, 0.6) is 11.5 Å². The Morgan fingerprint density at radius 2 is 1.68 bits per heavy atom. The maximum atomic E-state index is 12.3. The third-order valence-corrected chi connectivity index (χ3v) is 5.57. The first kappa shape index (κ1) is 19.3. The van der Waals surface area contributed by atoms with Gasteiger partial charge < -0.3 is 9.47 Å². The second kappa shape index (κ2) is 8.87. The zero-order valence-electron chi connectivity index (χ0n) is 14.9. The van der Waals surface area contributed by atoms with E-state index in [-0.39, 0.29) is 18.0 Å². The zero-order valence-corrected chi connectivity index (χ0v) is 15.7. The molecule has 0 heterocycles. The molecule has 1 N–H and O–H groups in total. The van der Waals surface area contributed by atoms with E-state index in [1.165, 1.54) is 0 Å². The number of ether oxygens (including phenoxy) is 2. The van der Waals surface area contributed by atoms with Crippen LogP contribution < -0.4 is 14.2 Å². The Morgan fingerprint density at radius 3 is 2.28 bits per heavy atom. The van der Waals surface area contributed by atoms with Crippen molar-refractivity contribution in [2.24, 2.45) is 0 Å². The predicted octanol–water partition coefficient (Wildman–Crippen LogP) is 3.57. The number of methoxy groups -OCH3 is 1. The van der Waals surface area contributed by atoms with Gasteiger partial charge in [0.05, 0.1) is 12.0 Å². The molecule has 0 radical (unpaired) electrons. The number of rotatable bonds is 9. The van der Waals surface area contributed by atoms with Crippen molar-refractivity contribution in [3.63, 3.8) is 0 Å². The van der Waals surface area contributed by atoms with Crippen LogP contribution >= 0.6 is 0 Å². The molecule has 0 aliphatic carbocycles. The highest BCUT2D eigenvalue weighted by Crippen LogP contribution is 2.25. The summed E-state index contributed by atoms with van der Waals surface area (Å²) in [4.78, 5) is 0.261. The average molecular weight is 363 g/mol. The van der Waals surface area contributed by atoms with Gasteiger partial charge in [-0.25, -0.2) is 13.1 Å². The smallest absolute Gasteiger partial charge is 0.240 e. The van der Waals surface area contributed by atoms with Crippen LogP contribution in [0.4, 0.5) is 0 Å². The van der Waals surface area contributed by atoms with E-state index in [0.717, 1.165) is 12.0 Å². The summed E-state index contributed by atoms with van der Waals surface area (Å²) in [5.41, 5.74) is 1.14. The number of para-hydroxylation sites is 2.